The van der Waals surface area contributed by atoms with Gasteiger partial charge in [0.15, 0.2) is 0 Å². The Hall–Kier alpha value is -2.29. The van der Waals surface area contributed by atoms with Crippen LogP contribution in [0.25, 0.3) is 0 Å². The van der Waals surface area contributed by atoms with E-state index in [9.17, 15) is 4.79 Å². The van der Waals surface area contributed by atoms with Crippen molar-refractivity contribution >= 4 is 11.7 Å². The molecule has 0 bridgehead atoms. The van der Waals surface area contributed by atoms with Crippen molar-refractivity contribution in [1.29, 1.82) is 0 Å². The molecule has 0 saturated carbocycles. The summed E-state index contributed by atoms with van der Waals surface area (Å²) in [5, 5.41) is 3.01. The fourth-order valence-corrected chi connectivity index (χ4v) is 3.26. The minimum Gasteiger partial charge on any atom is -0.317 e. The van der Waals surface area contributed by atoms with E-state index in [0.717, 1.165) is 18.7 Å². The van der Waals surface area contributed by atoms with E-state index in [1.807, 2.05) is 35.2 Å². The molecule has 114 valence electrons. The van der Waals surface area contributed by atoms with Gasteiger partial charge in [0.1, 0.15) is 0 Å². The zero-order chi connectivity index (χ0) is 15.5. The first kappa shape index (κ1) is 14.6. The molecule has 0 aromatic heterocycles. The van der Waals surface area contributed by atoms with Gasteiger partial charge in [0.25, 0.3) is 0 Å². The molecule has 2 aromatic rings. The van der Waals surface area contributed by atoms with E-state index >= 15 is 0 Å². The first-order valence-corrected chi connectivity index (χ1v) is 7.87. The molecule has 1 heterocycles. The van der Waals surface area contributed by atoms with Gasteiger partial charge in [-0.3, -0.25) is 0 Å². The average molecular weight is 294 g/mol. The third-order valence-electron chi connectivity index (χ3n) is 4.25. The maximum atomic E-state index is 12.7. The predicted molar refractivity (Wildman–Crippen MR) is 89.9 cm³/mol. The van der Waals surface area contributed by atoms with Gasteiger partial charge >= 0.3 is 6.03 Å². The first-order chi connectivity index (χ1) is 10.7. The SMILES string of the molecule is CC(C)C1c2ccccc2CCN1C(=O)Nc1ccccc1. The molecule has 2 aromatic carbocycles. The van der Waals surface area contributed by atoms with Gasteiger partial charge in [0, 0.05) is 12.2 Å². The van der Waals surface area contributed by atoms with Crippen LogP contribution in [0.2, 0.25) is 0 Å². The lowest BCUT2D eigenvalue weighted by atomic mass is 9.86. The lowest BCUT2D eigenvalue weighted by Gasteiger charge is -2.39. The average Bonchev–Trinajstić information content (AvgIpc) is 2.54. The van der Waals surface area contributed by atoms with Gasteiger partial charge in [-0.15, -0.1) is 0 Å². The quantitative estimate of drug-likeness (QED) is 0.870. The third-order valence-corrected chi connectivity index (χ3v) is 4.25. The second kappa shape index (κ2) is 6.22. The molecule has 0 aliphatic carbocycles. The van der Waals surface area contributed by atoms with Crippen molar-refractivity contribution < 1.29 is 4.79 Å². The molecule has 1 atom stereocenters. The van der Waals surface area contributed by atoms with Crippen LogP contribution < -0.4 is 5.32 Å². The number of nitrogens with one attached hydrogen (secondary N) is 1. The maximum absolute atomic E-state index is 12.7. The van der Waals surface area contributed by atoms with Crippen LogP contribution in [0.15, 0.2) is 54.6 Å². The van der Waals surface area contributed by atoms with E-state index < -0.39 is 0 Å². The standard InChI is InChI=1S/C19H22N2O/c1-14(2)18-17-11-7-6-8-15(17)12-13-21(18)19(22)20-16-9-4-3-5-10-16/h3-11,14,18H,12-13H2,1-2H3,(H,20,22). The molecule has 0 fully saturated rings. The predicted octanol–water partition coefficient (Wildman–Crippen LogP) is 4.47. The number of para-hydroxylation sites is 1. The Kier molecular flexibility index (Phi) is 4.14. The molecule has 0 spiro atoms. The lowest BCUT2D eigenvalue weighted by Crippen LogP contribution is -2.44. The van der Waals surface area contributed by atoms with Crippen LogP contribution in [0.4, 0.5) is 10.5 Å². The summed E-state index contributed by atoms with van der Waals surface area (Å²) in [6.07, 6.45) is 0.918. The summed E-state index contributed by atoms with van der Waals surface area (Å²) in [7, 11) is 0. The molecule has 22 heavy (non-hydrogen) atoms. The van der Waals surface area contributed by atoms with Crippen molar-refractivity contribution in [1.82, 2.24) is 4.90 Å². The highest BCUT2D eigenvalue weighted by Crippen LogP contribution is 2.35. The van der Waals surface area contributed by atoms with Crippen molar-refractivity contribution in [3.05, 3.63) is 65.7 Å². The Morgan fingerprint density at radius 3 is 2.50 bits per heavy atom. The van der Waals surface area contributed by atoms with Gasteiger partial charge in [-0.2, -0.15) is 0 Å². The van der Waals surface area contributed by atoms with Gasteiger partial charge in [-0.1, -0.05) is 56.3 Å². The Morgan fingerprint density at radius 2 is 1.77 bits per heavy atom. The number of amides is 2. The summed E-state index contributed by atoms with van der Waals surface area (Å²) in [4.78, 5) is 14.7. The van der Waals surface area contributed by atoms with Crippen molar-refractivity contribution in [3.8, 4) is 0 Å². The number of nitrogens with zero attached hydrogens (tertiary/aromatic N) is 1. The largest absolute Gasteiger partial charge is 0.322 e. The monoisotopic (exact) mass is 294 g/mol. The lowest BCUT2D eigenvalue weighted by molar-refractivity contribution is 0.160. The van der Waals surface area contributed by atoms with E-state index in [0.29, 0.717) is 5.92 Å². The van der Waals surface area contributed by atoms with Crippen molar-refractivity contribution in [3.63, 3.8) is 0 Å². The Morgan fingerprint density at radius 1 is 1.09 bits per heavy atom. The number of fused-ring (bicyclic) bond motifs is 1. The van der Waals surface area contributed by atoms with Gasteiger partial charge in [-0.05, 0) is 35.6 Å². The fraction of sp³-hybridized carbons (Fsp3) is 0.316. The number of anilines is 1. The number of benzene rings is 2. The summed E-state index contributed by atoms with van der Waals surface area (Å²) in [6, 6.07) is 18.2. The summed E-state index contributed by atoms with van der Waals surface area (Å²) in [5.74, 6) is 0.378. The minimum atomic E-state index is -0.0144. The highest BCUT2D eigenvalue weighted by Gasteiger charge is 2.32. The van der Waals surface area contributed by atoms with E-state index in [1.165, 1.54) is 11.1 Å². The number of urea groups is 1. The number of rotatable bonds is 2. The van der Waals surface area contributed by atoms with Crippen molar-refractivity contribution in [2.75, 3.05) is 11.9 Å². The number of hydrogen-bond acceptors (Lipinski definition) is 1. The van der Waals surface area contributed by atoms with E-state index in [-0.39, 0.29) is 12.1 Å². The molecular formula is C19H22N2O. The third kappa shape index (κ3) is 2.84. The molecule has 1 aliphatic heterocycles. The Labute approximate surface area is 132 Å². The van der Waals surface area contributed by atoms with Crippen LogP contribution in [-0.4, -0.2) is 17.5 Å². The molecule has 1 unspecified atom stereocenters. The van der Waals surface area contributed by atoms with Gasteiger partial charge in [0.05, 0.1) is 6.04 Å². The molecule has 3 rings (SSSR count). The zero-order valence-corrected chi connectivity index (χ0v) is 13.1. The van der Waals surface area contributed by atoms with E-state index in [1.54, 1.807) is 0 Å². The second-order valence-electron chi connectivity index (χ2n) is 6.13. The van der Waals surface area contributed by atoms with Crippen molar-refractivity contribution in [2.45, 2.75) is 26.3 Å². The molecule has 0 radical (unpaired) electrons. The summed E-state index contributed by atoms with van der Waals surface area (Å²) in [6.45, 7) is 5.11. The van der Waals surface area contributed by atoms with Crippen LogP contribution >= 0.6 is 0 Å². The van der Waals surface area contributed by atoms with Crippen molar-refractivity contribution in [2.24, 2.45) is 5.92 Å². The summed E-state index contributed by atoms with van der Waals surface area (Å²) < 4.78 is 0. The minimum absolute atomic E-state index is 0.0144. The van der Waals surface area contributed by atoms with Crippen LogP contribution in [-0.2, 0) is 6.42 Å². The molecule has 1 N–H and O–H groups in total. The zero-order valence-electron chi connectivity index (χ0n) is 13.1. The molecule has 3 nitrogen and oxygen atoms in total. The molecule has 0 saturated heterocycles. The molecule has 1 aliphatic rings. The van der Waals surface area contributed by atoms with Gasteiger partial charge in [-0.25, -0.2) is 4.79 Å². The van der Waals surface area contributed by atoms with Gasteiger partial charge in [0.2, 0.25) is 0 Å². The van der Waals surface area contributed by atoms with Crippen LogP contribution in [0, 0.1) is 5.92 Å². The normalized spacial score (nSPS) is 17.2. The topological polar surface area (TPSA) is 32.3 Å². The molecular weight excluding hydrogens is 272 g/mol. The highest BCUT2D eigenvalue weighted by molar-refractivity contribution is 5.89. The molecule has 3 heteroatoms. The second-order valence-corrected chi connectivity index (χ2v) is 6.13. The highest BCUT2D eigenvalue weighted by atomic mass is 16.2. The Bertz CT molecular complexity index is 651. The summed E-state index contributed by atoms with van der Waals surface area (Å²) in [5.41, 5.74) is 3.49. The summed E-state index contributed by atoms with van der Waals surface area (Å²) >= 11 is 0. The smallest absolute Gasteiger partial charge is 0.317 e. The van der Waals surface area contributed by atoms with Crippen LogP contribution in [0.1, 0.15) is 31.0 Å². The van der Waals surface area contributed by atoms with E-state index in [4.69, 9.17) is 0 Å². The number of carbonyl (C=O) groups is 1. The van der Waals surface area contributed by atoms with Gasteiger partial charge < -0.3 is 10.2 Å². The Balaban J connectivity index is 1.85. The number of carbonyl (C=O) groups excluding carboxylic acids is 1. The fourth-order valence-electron chi connectivity index (χ4n) is 3.26. The van der Waals surface area contributed by atoms with Crippen LogP contribution in [0.5, 0.6) is 0 Å². The first-order valence-electron chi connectivity index (χ1n) is 7.87. The van der Waals surface area contributed by atoms with E-state index in [2.05, 4.69) is 43.4 Å². The van der Waals surface area contributed by atoms with Crippen LogP contribution in [0.3, 0.4) is 0 Å². The maximum Gasteiger partial charge on any atom is 0.322 e. The molecule has 2 amide bonds. The number of hydrogen-bond donors (Lipinski definition) is 1.